The Bertz CT molecular complexity index is 1250. The highest BCUT2D eigenvalue weighted by molar-refractivity contribution is 9.10. The number of halogens is 2. The van der Waals surface area contributed by atoms with E-state index in [-0.39, 0.29) is 6.42 Å². The number of H-pyrrole nitrogens is 2. The van der Waals surface area contributed by atoms with Gasteiger partial charge in [-0.2, -0.15) is 0 Å². The van der Waals surface area contributed by atoms with Gasteiger partial charge in [0.25, 0.3) is 5.56 Å². The van der Waals surface area contributed by atoms with Crippen LogP contribution >= 0.6 is 39.3 Å². The van der Waals surface area contributed by atoms with Gasteiger partial charge in [0.1, 0.15) is 5.82 Å². The van der Waals surface area contributed by atoms with Gasteiger partial charge in [-0.15, -0.1) is 10.2 Å². The molecule has 4 aromatic rings. The first kappa shape index (κ1) is 20.6. The van der Waals surface area contributed by atoms with Crippen LogP contribution in [-0.4, -0.2) is 24.7 Å². The number of aromatic nitrogens is 5. The molecule has 0 aliphatic carbocycles. The Kier molecular flexibility index (Phi) is 6.21. The van der Waals surface area contributed by atoms with Crippen LogP contribution < -0.4 is 11.2 Å². The molecule has 0 saturated heterocycles. The fourth-order valence-corrected chi connectivity index (χ4v) is 4.19. The number of hydrogen-bond acceptors (Lipinski definition) is 5. The maximum atomic E-state index is 11.6. The van der Waals surface area contributed by atoms with Crippen LogP contribution in [0.3, 0.4) is 0 Å². The van der Waals surface area contributed by atoms with Gasteiger partial charge in [-0.05, 0) is 42.0 Å². The molecule has 0 fully saturated rings. The number of nitrogens with one attached hydrogen (secondary N) is 2. The van der Waals surface area contributed by atoms with E-state index < -0.39 is 11.2 Å². The molecule has 0 radical (unpaired) electrons. The average molecular weight is 505 g/mol. The van der Waals surface area contributed by atoms with Crippen LogP contribution in [0.2, 0.25) is 5.02 Å². The third kappa shape index (κ3) is 4.92. The second kappa shape index (κ2) is 9.03. The van der Waals surface area contributed by atoms with Crippen LogP contribution in [0, 0.1) is 0 Å². The minimum Gasteiger partial charge on any atom is -0.311 e. The minimum absolute atomic E-state index is 0.244. The lowest BCUT2D eigenvalue weighted by Crippen LogP contribution is -2.23. The second-order valence-electron chi connectivity index (χ2n) is 6.42. The summed E-state index contributed by atoms with van der Waals surface area (Å²) in [4.78, 5) is 28.0. The number of benzene rings is 2. The van der Waals surface area contributed by atoms with Gasteiger partial charge in [0.05, 0.1) is 0 Å². The zero-order valence-corrected chi connectivity index (χ0v) is 18.6. The van der Waals surface area contributed by atoms with E-state index in [4.69, 9.17) is 11.6 Å². The van der Waals surface area contributed by atoms with Gasteiger partial charge < -0.3 is 4.98 Å². The maximum Gasteiger partial charge on any atom is 0.325 e. The van der Waals surface area contributed by atoms with Crippen molar-refractivity contribution in [3.63, 3.8) is 0 Å². The van der Waals surface area contributed by atoms with Crippen molar-refractivity contribution in [2.24, 2.45) is 0 Å². The molecule has 0 atom stereocenters. The SMILES string of the molecule is O=c1cc(Cc2nnc(SCc3ccc(Br)cc3)n2-c2ccc(Cl)cc2)[nH]c(=O)[nH]1. The fraction of sp³-hybridized carbons (Fsp3) is 0.100. The standard InChI is InChI=1S/C20H15BrClN5O2S/c21-13-3-1-12(2-4-13)11-30-20-26-25-17(9-15-10-18(28)24-19(29)23-15)27(20)16-7-5-14(22)6-8-16/h1-8,10H,9,11H2,(H2,23,24,28,29). The highest BCUT2D eigenvalue weighted by Gasteiger charge is 2.16. The highest BCUT2D eigenvalue weighted by Crippen LogP contribution is 2.27. The monoisotopic (exact) mass is 503 g/mol. The van der Waals surface area contributed by atoms with Crippen LogP contribution in [0.5, 0.6) is 0 Å². The second-order valence-corrected chi connectivity index (χ2v) is 8.71. The lowest BCUT2D eigenvalue weighted by Gasteiger charge is -2.10. The maximum absolute atomic E-state index is 11.6. The van der Waals surface area contributed by atoms with Crippen molar-refractivity contribution in [2.45, 2.75) is 17.3 Å². The van der Waals surface area contributed by atoms with E-state index in [1.54, 1.807) is 23.9 Å². The average Bonchev–Trinajstić information content (AvgIpc) is 3.10. The van der Waals surface area contributed by atoms with Crippen LogP contribution in [0.4, 0.5) is 0 Å². The molecule has 2 aromatic heterocycles. The molecular formula is C20H15BrClN5O2S. The van der Waals surface area contributed by atoms with Gasteiger partial charge >= 0.3 is 5.69 Å². The Hall–Kier alpha value is -2.62. The number of rotatable bonds is 6. The summed E-state index contributed by atoms with van der Waals surface area (Å²) >= 11 is 11.0. The summed E-state index contributed by atoms with van der Waals surface area (Å²) in [5, 5.41) is 9.98. The number of aromatic amines is 2. The normalized spacial score (nSPS) is 11.0. The van der Waals surface area contributed by atoms with Crippen molar-refractivity contribution in [3.05, 3.63) is 102 Å². The molecule has 4 rings (SSSR count). The molecule has 10 heteroatoms. The Balaban J connectivity index is 1.69. The molecule has 0 amide bonds. The molecule has 2 heterocycles. The number of nitrogens with zero attached hydrogens (tertiary/aromatic N) is 3. The molecule has 2 N–H and O–H groups in total. The van der Waals surface area contributed by atoms with Crippen molar-refractivity contribution in [1.82, 2.24) is 24.7 Å². The summed E-state index contributed by atoms with van der Waals surface area (Å²) in [6.07, 6.45) is 0.244. The van der Waals surface area contributed by atoms with Gasteiger partial charge in [-0.1, -0.05) is 51.4 Å². The van der Waals surface area contributed by atoms with Crippen molar-refractivity contribution in [2.75, 3.05) is 0 Å². The van der Waals surface area contributed by atoms with Gasteiger partial charge in [-0.25, -0.2) is 4.79 Å². The molecule has 30 heavy (non-hydrogen) atoms. The molecule has 0 aliphatic rings. The molecule has 7 nitrogen and oxygen atoms in total. The molecule has 152 valence electrons. The first-order valence-corrected chi connectivity index (χ1v) is 11.0. The van der Waals surface area contributed by atoms with E-state index in [1.807, 2.05) is 41.0 Å². The molecule has 0 bridgehead atoms. The predicted molar refractivity (Wildman–Crippen MR) is 121 cm³/mol. The minimum atomic E-state index is -0.556. The molecule has 0 spiro atoms. The van der Waals surface area contributed by atoms with Crippen molar-refractivity contribution < 1.29 is 0 Å². The first-order chi connectivity index (χ1) is 14.5. The summed E-state index contributed by atoms with van der Waals surface area (Å²) in [7, 11) is 0. The van der Waals surface area contributed by atoms with Crippen LogP contribution in [0.25, 0.3) is 5.69 Å². The summed E-state index contributed by atoms with van der Waals surface area (Å²) in [6.45, 7) is 0. The Morgan fingerprint density at radius 2 is 1.73 bits per heavy atom. The number of hydrogen-bond donors (Lipinski definition) is 2. The van der Waals surface area contributed by atoms with E-state index in [2.05, 4.69) is 36.1 Å². The number of thioether (sulfide) groups is 1. The van der Waals surface area contributed by atoms with Crippen LogP contribution in [0.1, 0.15) is 17.1 Å². The molecule has 0 unspecified atom stereocenters. The van der Waals surface area contributed by atoms with E-state index >= 15 is 0 Å². The van der Waals surface area contributed by atoms with Gasteiger partial charge in [0, 0.05) is 39.1 Å². The topological polar surface area (TPSA) is 96.4 Å². The largest absolute Gasteiger partial charge is 0.325 e. The summed E-state index contributed by atoms with van der Waals surface area (Å²) in [6, 6.07) is 16.8. The van der Waals surface area contributed by atoms with E-state index in [0.717, 1.165) is 15.7 Å². The zero-order valence-electron chi connectivity index (χ0n) is 15.4. The molecular weight excluding hydrogens is 490 g/mol. The third-order valence-electron chi connectivity index (χ3n) is 4.23. The smallest absolute Gasteiger partial charge is 0.311 e. The van der Waals surface area contributed by atoms with Gasteiger partial charge in [-0.3, -0.25) is 14.3 Å². The third-order valence-corrected chi connectivity index (χ3v) is 6.01. The van der Waals surface area contributed by atoms with E-state index in [0.29, 0.717) is 27.5 Å². The van der Waals surface area contributed by atoms with Gasteiger partial charge in [0.2, 0.25) is 0 Å². The lowest BCUT2D eigenvalue weighted by molar-refractivity contribution is 0.829. The van der Waals surface area contributed by atoms with Crippen molar-refractivity contribution in [3.8, 4) is 5.69 Å². The quantitative estimate of drug-likeness (QED) is 0.388. The van der Waals surface area contributed by atoms with Crippen molar-refractivity contribution >= 4 is 39.3 Å². The Labute approximate surface area is 188 Å². The molecule has 0 aliphatic heterocycles. The molecule has 2 aromatic carbocycles. The first-order valence-electron chi connectivity index (χ1n) is 8.88. The summed E-state index contributed by atoms with van der Waals surface area (Å²) in [5.41, 5.74) is 1.42. The summed E-state index contributed by atoms with van der Waals surface area (Å²) in [5.74, 6) is 1.30. The van der Waals surface area contributed by atoms with Crippen LogP contribution in [-0.2, 0) is 12.2 Å². The predicted octanol–water partition coefficient (Wildman–Crippen LogP) is 3.94. The van der Waals surface area contributed by atoms with Gasteiger partial charge in [0.15, 0.2) is 5.16 Å². The zero-order chi connectivity index (χ0) is 21.1. The van der Waals surface area contributed by atoms with Crippen LogP contribution in [0.15, 0.2) is 73.8 Å². The van der Waals surface area contributed by atoms with E-state index in [1.165, 1.54) is 6.07 Å². The highest BCUT2D eigenvalue weighted by atomic mass is 79.9. The Morgan fingerprint density at radius 1 is 1.00 bits per heavy atom. The fourth-order valence-electron chi connectivity index (χ4n) is 2.87. The summed E-state index contributed by atoms with van der Waals surface area (Å²) < 4.78 is 2.93. The van der Waals surface area contributed by atoms with E-state index in [9.17, 15) is 9.59 Å². The molecule has 0 saturated carbocycles. The Morgan fingerprint density at radius 3 is 2.43 bits per heavy atom. The lowest BCUT2D eigenvalue weighted by atomic mass is 10.2. The van der Waals surface area contributed by atoms with Crippen molar-refractivity contribution in [1.29, 1.82) is 0 Å².